The Morgan fingerprint density at radius 3 is 2.75 bits per heavy atom. The number of hydrogen-bond acceptors (Lipinski definition) is 6. The third kappa shape index (κ3) is 5.29. The van der Waals surface area contributed by atoms with Crippen molar-refractivity contribution in [2.75, 3.05) is 24.4 Å². The Balaban J connectivity index is 1.81. The van der Waals surface area contributed by atoms with E-state index in [9.17, 15) is 18.0 Å². The first kappa shape index (κ1) is 18.9. The first-order valence-corrected chi connectivity index (χ1v) is 10.3. The SMILES string of the molecule is COc1ccc(Cl)cc1C(=O)NNC(=O)CS[C@H]1CCS(=O)(=O)C1. The number of nitrogens with one attached hydrogen (secondary N) is 2. The number of thioether (sulfide) groups is 1. The van der Waals surface area contributed by atoms with Gasteiger partial charge in [0.1, 0.15) is 5.75 Å². The van der Waals surface area contributed by atoms with Crippen LogP contribution in [0.15, 0.2) is 18.2 Å². The van der Waals surface area contributed by atoms with Gasteiger partial charge >= 0.3 is 0 Å². The zero-order valence-electron chi connectivity index (χ0n) is 12.9. The summed E-state index contributed by atoms with van der Waals surface area (Å²) in [4.78, 5) is 23.8. The van der Waals surface area contributed by atoms with Crippen LogP contribution in [0.1, 0.15) is 16.8 Å². The second-order valence-electron chi connectivity index (χ2n) is 5.18. The summed E-state index contributed by atoms with van der Waals surface area (Å²) in [6.45, 7) is 0. The summed E-state index contributed by atoms with van der Waals surface area (Å²) in [6, 6.07) is 4.57. The molecule has 0 spiro atoms. The normalized spacial score (nSPS) is 18.8. The summed E-state index contributed by atoms with van der Waals surface area (Å²) in [7, 11) is -1.54. The minimum absolute atomic E-state index is 0.0626. The predicted molar refractivity (Wildman–Crippen MR) is 93.1 cm³/mol. The molecule has 1 aliphatic rings. The predicted octanol–water partition coefficient (Wildman–Crippen LogP) is 1.03. The van der Waals surface area contributed by atoms with Gasteiger partial charge in [-0.25, -0.2) is 8.42 Å². The molecule has 0 unspecified atom stereocenters. The van der Waals surface area contributed by atoms with Crippen molar-refractivity contribution in [1.82, 2.24) is 10.9 Å². The molecule has 1 fully saturated rings. The van der Waals surface area contributed by atoms with E-state index in [1.54, 1.807) is 12.1 Å². The lowest BCUT2D eigenvalue weighted by Crippen LogP contribution is -2.42. The van der Waals surface area contributed by atoms with E-state index in [2.05, 4.69) is 10.9 Å². The van der Waals surface area contributed by atoms with Gasteiger partial charge in [-0.05, 0) is 24.6 Å². The summed E-state index contributed by atoms with van der Waals surface area (Å²) >= 11 is 7.11. The first-order valence-electron chi connectivity index (χ1n) is 7.05. The number of rotatable bonds is 5. The fourth-order valence-corrected chi connectivity index (χ4v) is 5.79. The molecule has 0 aliphatic carbocycles. The third-order valence-corrected chi connectivity index (χ3v) is 6.88. The highest BCUT2D eigenvalue weighted by Gasteiger charge is 2.28. The Hall–Kier alpha value is -1.45. The molecule has 0 aromatic heterocycles. The van der Waals surface area contributed by atoms with Crippen LogP contribution >= 0.6 is 23.4 Å². The third-order valence-electron chi connectivity index (χ3n) is 3.36. The first-order chi connectivity index (χ1) is 11.3. The van der Waals surface area contributed by atoms with E-state index < -0.39 is 21.7 Å². The summed E-state index contributed by atoms with van der Waals surface area (Å²) in [5.41, 5.74) is 4.77. The molecule has 1 atom stereocenters. The second-order valence-corrected chi connectivity index (χ2v) is 9.14. The smallest absolute Gasteiger partial charge is 0.273 e. The Bertz CT molecular complexity index is 739. The van der Waals surface area contributed by atoms with Crippen LogP contribution in [0.4, 0.5) is 0 Å². The number of hydrogen-bond donors (Lipinski definition) is 2. The average Bonchev–Trinajstić information content (AvgIpc) is 2.89. The van der Waals surface area contributed by atoms with Crippen LogP contribution in [-0.2, 0) is 14.6 Å². The van der Waals surface area contributed by atoms with Crippen molar-refractivity contribution in [2.45, 2.75) is 11.7 Å². The van der Waals surface area contributed by atoms with Gasteiger partial charge in [-0.15, -0.1) is 11.8 Å². The van der Waals surface area contributed by atoms with Gasteiger partial charge in [0, 0.05) is 10.3 Å². The number of amides is 2. The lowest BCUT2D eigenvalue weighted by Gasteiger charge is -2.11. The number of halogens is 1. The van der Waals surface area contributed by atoms with E-state index >= 15 is 0 Å². The van der Waals surface area contributed by atoms with E-state index in [0.29, 0.717) is 17.2 Å². The molecule has 1 aliphatic heterocycles. The van der Waals surface area contributed by atoms with Crippen LogP contribution in [0.25, 0.3) is 0 Å². The lowest BCUT2D eigenvalue weighted by atomic mass is 10.2. The van der Waals surface area contributed by atoms with E-state index in [-0.39, 0.29) is 28.1 Å². The Morgan fingerprint density at radius 1 is 1.38 bits per heavy atom. The maximum absolute atomic E-state index is 12.1. The number of carbonyl (C=O) groups is 2. The standard InChI is InChI=1S/C14H17ClN2O5S2/c1-22-12-3-2-9(15)6-11(12)14(19)17-16-13(18)7-23-10-4-5-24(20,21)8-10/h2-3,6,10H,4-5,7-8H2,1H3,(H,16,18)(H,17,19)/t10-/m0/s1. The van der Waals surface area contributed by atoms with Crippen molar-refractivity contribution in [2.24, 2.45) is 0 Å². The summed E-state index contributed by atoms with van der Waals surface area (Å²) in [5, 5.41) is 0.287. The van der Waals surface area contributed by atoms with Crippen LogP contribution < -0.4 is 15.6 Å². The molecule has 0 saturated carbocycles. The van der Waals surface area contributed by atoms with Crippen LogP contribution in [-0.4, -0.2) is 49.9 Å². The highest BCUT2D eigenvalue weighted by atomic mass is 35.5. The molecule has 132 valence electrons. The quantitative estimate of drug-likeness (QED) is 0.726. The highest BCUT2D eigenvalue weighted by Crippen LogP contribution is 2.24. The number of methoxy groups -OCH3 is 1. The summed E-state index contributed by atoms with van der Waals surface area (Å²) < 4.78 is 27.8. The zero-order chi connectivity index (χ0) is 17.7. The van der Waals surface area contributed by atoms with Crippen molar-refractivity contribution < 1.29 is 22.7 Å². The van der Waals surface area contributed by atoms with Gasteiger partial charge < -0.3 is 4.74 Å². The van der Waals surface area contributed by atoms with Gasteiger partial charge in [-0.2, -0.15) is 0 Å². The molecule has 2 amide bonds. The maximum Gasteiger partial charge on any atom is 0.273 e. The van der Waals surface area contributed by atoms with Gasteiger partial charge in [0.2, 0.25) is 5.91 Å². The van der Waals surface area contributed by atoms with Crippen molar-refractivity contribution >= 4 is 45.0 Å². The lowest BCUT2D eigenvalue weighted by molar-refractivity contribution is -0.119. The fraction of sp³-hybridized carbons (Fsp3) is 0.429. The molecule has 7 nitrogen and oxygen atoms in total. The Kier molecular flexibility index (Phi) is 6.36. The van der Waals surface area contributed by atoms with Crippen molar-refractivity contribution in [3.05, 3.63) is 28.8 Å². The van der Waals surface area contributed by atoms with Crippen LogP contribution in [0.2, 0.25) is 5.02 Å². The molecule has 2 rings (SSSR count). The van der Waals surface area contributed by atoms with Crippen LogP contribution in [0.3, 0.4) is 0 Å². The minimum atomic E-state index is -2.97. The molecule has 1 aromatic carbocycles. The van der Waals surface area contributed by atoms with Crippen molar-refractivity contribution in [1.29, 1.82) is 0 Å². The number of benzene rings is 1. The molecule has 1 saturated heterocycles. The van der Waals surface area contributed by atoms with Gasteiger partial charge in [0.05, 0.1) is 29.9 Å². The van der Waals surface area contributed by atoms with Crippen molar-refractivity contribution in [3.63, 3.8) is 0 Å². The topological polar surface area (TPSA) is 102 Å². The molecular formula is C14H17ClN2O5S2. The molecule has 0 radical (unpaired) electrons. The number of sulfone groups is 1. The summed E-state index contributed by atoms with van der Waals surface area (Å²) in [6.07, 6.45) is 0.548. The average molecular weight is 393 g/mol. The van der Waals surface area contributed by atoms with Gasteiger partial charge in [0.25, 0.3) is 5.91 Å². The highest BCUT2D eigenvalue weighted by molar-refractivity contribution is 8.02. The van der Waals surface area contributed by atoms with E-state index in [0.717, 1.165) is 0 Å². The molecule has 24 heavy (non-hydrogen) atoms. The Labute approximate surface area is 149 Å². The second kappa shape index (κ2) is 8.09. The van der Waals surface area contributed by atoms with E-state index in [1.807, 2.05) is 0 Å². The molecule has 10 heteroatoms. The van der Waals surface area contributed by atoms with E-state index in [4.69, 9.17) is 16.3 Å². The van der Waals surface area contributed by atoms with Crippen LogP contribution in [0, 0.1) is 0 Å². The Morgan fingerprint density at radius 2 is 2.12 bits per heavy atom. The molecule has 2 N–H and O–H groups in total. The van der Waals surface area contributed by atoms with Crippen LogP contribution in [0.5, 0.6) is 5.75 Å². The number of hydrazine groups is 1. The zero-order valence-corrected chi connectivity index (χ0v) is 15.3. The minimum Gasteiger partial charge on any atom is -0.496 e. The molecule has 1 heterocycles. The molecule has 1 aromatic rings. The fourth-order valence-electron chi connectivity index (χ4n) is 2.17. The van der Waals surface area contributed by atoms with Crippen molar-refractivity contribution in [3.8, 4) is 5.75 Å². The molecule has 0 bridgehead atoms. The van der Waals surface area contributed by atoms with Gasteiger partial charge in [-0.1, -0.05) is 11.6 Å². The summed E-state index contributed by atoms with van der Waals surface area (Å²) in [5.74, 6) is -0.326. The number of ether oxygens (including phenoxy) is 1. The van der Waals surface area contributed by atoms with Gasteiger partial charge in [0.15, 0.2) is 9.84 Å². The van der Waals surface area contributed by atoms with Gasteiger partial charge in [-0.3, -0.25) is 20.4 Å². The van der Waals surface area contributed by atoms with E-state index in [1.165, 1.54) is 24.9 Å². The monoisotopic (exact) mass is 392 g/mol. The maximum atomic E-state index is 12.1. The molecular weight excluding hydrogens is 376 g/mol. The number of carbonyl (C=O) groups excluding carboxylic acids is 2. The largest absolute Gasteiger partial charge is 0.496 e.